The van der Waals surface area contributed by atoms with E-state index in [1.165, 1.54) is 13.3 Å². The Morgan fingerprint density at radius 3 is 2.15 bits per heavy atom. The van der Waals surface area contributed by atoms with Gasteiger partial charge in [-0.2, -0.15) is 0 Å². The van der Waals surface area contributed by atoms with Crippen LogP contribution in [-0.4, -0.2) is 29.7 Å². The zero-order chi connectivity index (χ0) is 21.0. The molecule has 0 aromatic rings. The van der Waals surface area contributed by atoms with Crippen molar-refractivity contribution in [1.29, 1.82) is 0 Å². The maximum absolute atomic E-state index is 12.1. The Kier molecular flexibility index (Phi) is 7.23. The summed E-state index contributed by atoms with van der Waals surface area (Å²) in [5.74, 6) is -0.773. The van der Waals surface area contributed by atoms with E-state index < -0.39 is 18.0 Å². The van der Waals surface area contributed by atoms with Crippen molar-refractivity contribution in [1.82, 2.24) is 5.48 Å². The molecule has 27 heavy (non-hydrogen) atoms. The first-order chi connectivity index (χ1) is 12.4. The number of carboxylic acid groups (broad SMARTS) is 1. The number of hydroxylamine groups is 1. The number of carbonyl (C=O) groups is 3. The molecule has 2 N–H and O–H groups in total. The van der Waals surface area contributed by atoms with Gasteiger partial charge in [0.1, 0.15) is 0 Å². The van der Waals surface area contributed by atoms with E-state index in [1.54, 1.807) is 6.92 Å². The molecule has 7 heteroatoms. The van der Waals surface area contributed by atoms with Gasteiger partial charge in [-0.15, -0.1) is 5.48 Å². The van der Waals surface area contributed by atoms with Crippen LogP contribution in [0.15, 0.2) is 24.3 Å². The number of fused-ring (bicyclic) bond motifs is 2. The topological polar surface area (TPSA) is 102 Å². The van der Waals surface area contributed by atoms with Crippen molar-refractivity contribution in [2.75, 3.05) is 6.61 Å². The zero-order valence-corrected chi connectivity index (χ0v) is 16.9. The summed E-state index contributed by atoms with van der Waals surface area (Å²) in [6.07, 6.45) is 2.52. The monoisotopic (exact) mass is 381 g/mol. The van der Waals surface area contributed by atoms with Crippen LogP contribution in [0.3, 0.4) is 0 Å². The van der Waals surface area contributed by atoms with E-state index in [0.717, 1.165) is 12.8 Å². The number of nitrogens with one attached hydrogen (secondary N) is 1. The summed E-state index contributed by atoms with van der Waals surface area (Å²) in [5, 5.41) is 7.89. The maximum Gasteiger partial charge on any atom is 0.440 e. The first-order valence-corrected chi connectivity index (χ1v) is 9.10. The van der Waals surface area contributed by atoms with Crippen LogP contribution in [0.4, 0.5) is 4.79 Å². The van der Waals surface area contributed by atoms with Crippen LogP contribution >= 0.6 is 0 Å². The molecular formula is C20H31NO6. The molecule has 2 aliphatic carbocycles. The number of carbonyl (C=O) groups excluding carboxylic acids is 2. The van der Waals surface area contributed by atoms with Gasteiger partial charge in [0.25, 0.3) is 0 Å². The number of hydrogen-bond donors (Lipinski definition) is 2. The zero-order valence-electron chi connectivity index (χ0n) is 16.9. The smallest absolute Gasteiger partial charge is 0.440 e. The normalized spacial score (nSPS) is 27.0. The van der Waals surface area contributed by atoms with Gasteiger partial charge in [0.2, 0.25) is 0 Å². The molecule has 2 aliphatic rings. The van der Waals surface area contributed by atoms with Gasteiger partial charge in [0, 0.05) is 11.1 Å². The standard InChI is InChI=1S/C16H25NO4.C4H6O2/c1-6-20-14(19)17-21-13(18)10(2)12-9-11-7-8-16(12,5)15(11,3)4;1-3(2)4(5)6/h11-12H,2,6-9H2,1,3-5H3,(H,17,19);1H2,2H3,(H,5,6)/t11-,12?,16-;/m1./s1. The summed E-state index contributed by atoms with van der Waals surface area (Å²) >= 11 is 0. The van der Waals surface area contributed by atoms with Crippen LogP contribution in [0.25, 0.3) is 0 Å². The summed E-state index contributed by atoms with van der Waals surface area (Å²) < 4.78 is 4.64. The Morgan fingerprint density at radius 1 is 1.22 bits per heavy atom. The molecule has 0 spiro atoms. The predicted molar refractivity (Wildman–Crippen MR) is 101 cm³/mol. The minimum atomic E-state index is -0.935. The summed E-state index contributed by atoms with van der Waals surface area (Å²) in [6.45, 7) is 17.2. The summed E-state index contributed by atoms with van der Waals surface area (Å²) in [7, 11) is 0. The Morgan fingerprint density at radius 2 is 1.78 bits per heavy atom. The molecule has 7 nitrogen and oxygen atoms in total. The van der Waals surface area contributed by atoms with Crippen LogP contribution in [0, 0.1) is 22.7 Å². The van der Waals surface area contributed by atoms with Crippen molar-refractivity contribution in [2.45, 2.75) is 53.9 Å². The van der Waals surface area contributed by atoms with Crippen molar-refractivity contribution in [2.24, 2.45) is 22.7 Å². The third kappa shape index (κ3) is 4.70. The molecule has 0 heterocycles. The second-order valence-electron chi connectivity index (χ2n) is 7.99. The third-order valence-corrected chi connectivity index (χ3v) is 6.34. The third-order valence-electron chi connectivity index (χ3n) is 6.34. The fourth-order valence-electron chi connectivity index (χ4n) is 4.19. The van der Waals surface area contributed by atoms with Crippen molar-refractivity contribution in [3.63, 3.8) is 0 Å². The van der Waals surface area contributed by atoms with Gasteiger partial charge in [0.05, 0.1) is 6.61 Å². The first kappa shape index (κ1) is 22.7. The molecule has 2 saturated carbocycles. The molecular weight excluding hydrogens is 350 g/mol. The number of aliphatic carboxylic acids is 1. The average molecular weight is 381 g/mol. The second-order valence-corrected chi connectivity index (χ2v) is 7.99. The molecule has 2 rings (SSSR count). The van der Waals surface area contributed by atoms with E-state index in [1.807, 2.05) is 5.48 Å². The molecule has 2 bridgehead atoms. The minimum absolute atomic E-state index is 0.0672. The van der Waals surface area contributed by atoms with E-state index in [4.69, 9.17) is 9.94 Å². The Bertz CT molecular complexity index is 626. The lowest BCUT2D eigenvalue weighted by Gasteiger charge is -2.39. The Hall–Kier alpha value is -2.31. The summed E-state index contributed by atoms with van der Waals surface area (Å²) in [6, 6.07) is 0. The van der Waals surface area contributed by atoms with Gasteiger partial charge in [-0.25, -0.2) is 14.4 Å². The lowest BCUT2D eigenvalue weighted by Crippen LogP contribution is -2.36. The lowest BCUT2D eigenvalue weighted by atomic mass is 9.65. The van der Waals surface area contributed by atoms with Crippen LogP contribution in [0.1, 0.15) is 53.9 Å². The minimum Gasteiger partial charge on any atom is -0.478 e. The largest absolute Gasteiger partial charge is 0.478 e. The van der Waals surface area contributed by atoms with Crippen molar-refractivity contribution in [3.8, 4) is 0 Å². The van der Waals surface area contributed by atoms with E-state index >= 15 is 0 Å². The molecule has 1 unspecified atom stereocenters. The van der Waals surface area contributed by atoms with Crippen LogP contribution < -0.4 is 5.48 Å². The Balaban J connectivity index is 0.000000527. The number of carboxylic acids is 1. The first-order valence-electron chi connectivity index (χ1n) is 9.10. The van der Waals surface area contributed by atoms with Crippen molar-refractivity contribution >= 4 is 18.0 Å². The van der Waals surface area contributed by atoms with Crippen molar-refractivity contribution < 1.29 is 29.1 Å². The second kappa shape index (κ2) is 8.59. The van der Waals surface area contributed by atoms with Gasteiger partial charge in [0.15, 0.2) is 0 Å². The number of rotatable bonds is 4. The average Bonchev–Trinajstić information content (AvgIpc) is 2.92. The van der Waals surface area contributed by atoms with Crippen LogP contribution in [0.2, 0.25) is 0 Å². The highest BCUT2D eigenvalue weighted by atomic mass is 16.7. The van der Waals surface area contributed by atoms with Gasteiger partial charge >= 0.3 is 18.0 Å². The van der Waals surface area contributed by atoms with Crippen molar-refractivity contribution in [3.05, 3.63) is 24.3 Å². The summed E-state index contributed by atoms with van der Waals surface area (Å²) in [5.41, 5.74) is 2.89. The highest BCUT2D eigenvalue weighted by molar-refractivity contribution is 5.89. The molecule has 1 amide bonds. The quantitative estimate of drug-likeness (QED) is 0.566. The maximum atomic E-state index is 12.1. The van der Waals surface area contributed by atoms with E-state index in [-0.39, 0.29) is 28.9 Å². The fourth-order valence-corrected chi connectivity index (χ4v) is 4.19. The molecule has 0 radical (unpaired) electrons. The van der Waals surface area contributed by atoms with Crippen LogP contribution in [0.5, 0.6) is 0 Å². The van der Waals surface area contributed by atoms with E-state index in [2.05, 4.69) is 38.7 Å². The molecule has 2 fully saturated rings. The molecule has 0 aromatic carbocycles. The van der Waals surface area contributed by atoms with Gasteiger partial charge in [-0.05, 0) is 55.8 Å². The number of hydrogen-bond acceptors (Lipinski definition) is 5. The number of ether oxygens (including phenoxy) is 1. The molecule has 3 atom stereocenters. The molecule has 0 aliphatic heterocycles. The highest BCUT2D eigenvalue weighted by Crippen LogP contribution is 2.69. The fraction of sp³-hybridized carbons (Fsp3) is 0.650. The predicted octanol–water partition coefficient (Wildman–Crippen LogP) is 3.86. The van der Waals surface area contributed by atoms with E-state index in [9.17, 15) is 14.4 Å². The number of amides is 1. The van der Waals surface area contributed by atoms with E-state index in [0.29, 0.717) is 11.5 Å². The lowest BCUT2D eigenvalue weighted by molar-refractivity contribution is -0.146. The molecule has 0 aromatic heterocycles. The van der Waals surface area contributed by atoms with Gasteiger partial charge in [-0.3, -0.25) is 0 Å². The Labute approximate surface area is 160 Å². The SMILES string of the molecule is C=C(C(=O)ONC(=O)OCC)C1C[C@H]2CC[C@@]1(C)C2(C)C.C=C(C)C(=O)O. The van der Waals surface area contributed by atoms with Gasteiger partial charge in [-0.1, -0.05) is 33.9 Å². The van der Waals surface area contributed by atoms with Crippen LogP contribution in [-0.2, 0) is 19.2 Å². The molecule has 0 saturated heterocycles. The van der Waals surface area contributed by atoms with Gasteiger partial charge < -0.3 is 14.7 Å². The highest BCUT2D eigenvalue weighted by Gasteiger charge is 2.62. The molecule has 152 valence electrons. The summed E-state index contributed by atoms with van der Waals surface area (Å²) in [4.78, 5) is 37.6.